The van der Waals surface area contributed by atoms with Crippen LogP contribution >= 0.6 is 0 Å². The molecular formula is C14H18N4O2. The summed E-state index contributed by atoms with van der Waals surface area (Å²) in [7, 11) is 1.73. The molecule has 0 radical (unpaired) electrons. The minimum absolute atomic E-state index is 0.234. The number of hydrogen-bond donors (Lipinski definition) is 2. The molecule has 0 aliphatic heterocycles. The first-order valence-electron chi connectivity index (χ1n) is 6.36. The maximum Gasteiger partial charge on any atom is 0.256 e. The predicted molar refractivity (Wildman–Crippen MR) is 77.9 cm³/mol. The van der Waals surface area contributed by atoms with E-state index in [1.165, 1.54) is 0 Å². The van der Waals surface area contributed by atoms with Gasteiger partial charge in [-0.2, -0.15) is 5.10 Å². The van der Waals surface area contributed by atoms with Crippen molar-refractivity contribution in [3.8, 4) is 5.75 Å². The summed E-state index contributed by atoms with van der Waals surface area (Å²) in [6.07, 6.45) is 0. The molecule has 2 aromatic rings. The topological polar surface area (TPSA) is 82.2 Å². The van der Waals surface area contributed by atoms with Gasteiger partial charge in [0, 0.05) is 12.6 Å². The van der Waals surface area contributed by atoms with E-state index in [0.29, 0.717) is 29.4 Å². The van der Waals surface area contributed by atoms with Crippen molar-refractivity contribution in [1.29, 1.82) is 0 Å². The van der Waals surface area contributed by atoms with Gasteiger partial charge in [-0.15, -0.1) is 0 Å². The second kappa shape index (κ2) is 5.64. The van der Waals surface area contributed by atoms with E-state index < -0.39 is 0 Å². The van der Waals surface area contributed by atoms with Crippen LogP contribution in [0.3, 0.4) is 0 Å². The number of nitrogens with zero attached hydrogens (tertiary/aromatic N) is 2. The minimum atomic E-state index is -0.234. The average molecular weight is 274 g/mol. The van der Waals surface area contributed by atoms with Crippen LogP contribution in [0.5, 0.6) is 5.75 Å². The first-order chi connectivity index (χ1) is 9.52. The molecule has 1 heterocycles. The molecule has 2 rings (SSSR count). The van der Waals surface area contributed by atoms with Crippen molar-refractivity contribution >= 4 is 17.4 Å². The van der Waals surface area contributed by atoms with Gasteiger partial charge in [-0.25, -0.2) is 0 Å². The van der Waals surface area contributed by atoms with Gasteiger partial charge in [-0.3, -0.25) is 9.48 Å². The molecule has 3 N–H and O–H groups in total. The Morgan fingerprint density at radius 3 is 2.55 bits per heavy atom. The van der Waals surface area contributed by atoms with E-state index in [-0.39, 0.29) is 5.91 Å². The molecular weight excluding hydrogens is 256 g/mol. The Morgan fingerprint density at radius 2 is 2.05 bits per heavy atom. The van der Waals surface area contributed by atoms with E-state index in [1.807, 2.05) is 6.92 Å². The fourth-order valence-electron chi connectivity index (χ4n) is 1.87. The number of benzene rings is 1. The van der Waals surface area contributed by atoms with Crippen LogP contribution in [-0.4, -0.2) is 22.3 Å². The summed E-state index contributed by atoms with van der Waals surface area (Å²) in [5.41, 5.74) is 7.58. The number of hydrogen-bond acceptors (Lipinski definition) is 4. The zero-order valence-corrected chi connectivity index (χ0v) is 11.8. The SMILES string of the molecule is CCOc1ccc(C(=O)Nc2c(N)c(C)nn2C)cc1. The molecule has 0 spiro atoms. The summed E-state index contributed by atoms with van der Waals surface area (Å²) in [6, 6.07) is 6.94. The van der Waals surface area contributed by atoms with Crippen LogP contribution in [0.2, 0.25) is 0 Å². The lowest BCUT2D eigenvalue weighted by atomic mass is 10.2. The predicted octanol–water partition coefficient (Wildman–Crippen LogP) is 1.96. The summed E-state index contributed by atoms with van der Waals surface area (Å²) in [6.45, 7) is 4.30. The molecule has 0 aliphatic rings. The molecule has 1 amide bonds. The highest BCUT2D eigenvalue weighted by atomic mass is 16.5. The van der Waals surface area contributed by atoms with Crippen molar-refractivity contribution < 1.29 is 9.53 Å². The molecule has 0 unspecified atom stereocenters. The van der Waals surface area contributed by atoms with Crippen LogP contribution in [0.1, 0.15) is 23.0 Å². The van der Waals surface area contributed by atoms with Gasteiger partial charge in [-0.05, 0) is 38.1 Å². The lowest BCUT2D eigenvalue weighted by molar-refractivity contribution is 0.102. The fraction of sp³-hybridized carbons (Fsp3) is 0.286. The van der Waals surface area contributed by atoms with Gasteiger partial charge in [0.25, 0.3) is 5.91 Å². The highest BCUT2D eigenvalue weighted by Gasteiger charge is 2.14. The maximum absolute atomic E-state index is 12.1. The Balaban J connectivity index is 2.15. The van der Waals surface area contributed by atoms with Crippen molar-refractivity contribution in [2.45, 2.75) is 13.8 Å². The third kappa shape index (κ3) is 2.74. The third-order valence-electron chi connectivity index (χ3n) is 2.93. The van der Waals surface area contributed by atoms with E-state index in [0.717, 1.165) is 5.75 Å². The molecule has 6 nitrogen and oxygen atoms in total. The Labute approximate surface area is 117 Å². The summed E-state index contributed by atoms with van der Waals surface area (Å²) < 4.78 is 6.89. The quantitative estimate of drug-likeness (QED) is 0.893. The third-order valence-corrected chi connectivity index (χ3v) is 2.93. The average Bonchev–Trinajstić information content (AvgIpc) is 2.66. The number of nitrogens with one attached hydrogen (secondary N) is 1. The van der Waals surface area contributed by atoms with Crippen LogP contribution in [0, 0.1) is 6.92 Å². The highest BCUT2D eigenvalue weighted by Crippen LogP contribution is 2.22. The maximum atomic E-state index is 12.1. The number of carbonyl (C=O) groups is 1. The monoisotopic (exact) mass is 274 g/mol. The molecule has 0 fully saturated rings. The summed E-state index contributed by atoms with van der Waals surface area (Å²) in [5, 5.41) is 6.92. The van der Waals surface area contributed by atoms with Crippen molar-refractivity contribution in [2.75, 3.05) is 17.7 Å². The molecule has 6 heteroatoms. The molecule has 1 aromatic heterocycles. The number of anilines is 2. The number of aromatic nitrogens is 2. The van der Waals surface area contributed by atoms with Gasteiger partial charge in [0.2, 0.25) is 0 Å². The van der Waals surface area contributed by atoms with E-state index in [1.54, 1.807) is 42.9 Å². The van der Waals surface area contributed by atoms with Crippen LogP contribution in [0.15, 0.2) is 24.3 Å². The summed E-state index contributed by atoms with van der Waals surface area (Å²) in [5.74, 6) is 1.00. The number of rotatable bonds is 4. The molecule has 0 aliphatic carbocycles. The van der Waals surface area contributed by atoms with Gasteiger partial charge >= 0.3 is 0 Å². The molecule has 0 saturated heterocycles. The smallest absolute Gasteiger partial charge is 0.256 e. The Kier molecular flexibility index (Phi) is 3.93. The van der Waals surface area contributed by atoms with Crippen molar-refractivity contribution in [2.24, 2.45) is 7.05 Å². The van der Waals surface area contributed by atoms with E-state index in [9.17, 15) is 4.79 Å². The zero-order valence-electron chi connectivity index (χ0n) is 11.8. The molecule has 0 atom stereocenters. The van der Waals surface area contributed by atoms with Crippen LogP contribution in [-0.2, 0) is 7.05 Å². The number of carbonyl (C=O) groups excluding carboxylic acids is 1. The van der Waals surface area contributed by atoms with Crippen LogP contribution < -0.4 is 15.8 Å². The van der Waals surface area contributed by atoms with Crippen molar-refractivity contribution in [1.82, 2.24) is 9.78 Å². The lowest BCUT2D eigenvalue weighted by Gasteiger charge is -2.07. The standard InChI is InChI=1S/C14H18N4O2/c1-4-20-11-7-5-10(6-8-11)14(19)16-13-12(15)9(2)17-18(13)3/h5-8H,4,15H2,1-3H3,(H,16,19). The lowest BCUT2D eigenvalue weighted by Crippen LogP contribution is -2.15. The molecule has 0 bridgehead atoms. The number of ether oxygens (including phenoxy) is 1. The van der Waals surface area contributed by atoms with E-state index in [4.69, 9.17) is 10.5 Å². The number of nitrogens with two attached hydrogens (primary N) is 1. The molecule has 0 saturated carbocycles. The van der Waals surface area contributed by atoms with Crippen molar-refractivity contribution in [3.05, 3.63) is 35.5 Å². The molecule has 1 aromatic carbocycles. The number of nitrogen functional groups attached to an aromatic ring is 1. The molecule has 20 heavy (non-hydrogen) atoms. The largest absolute Gasteiger partial charge is 0.494 e. The van der Waals surface area contributed by atoms with Gasteiger partial charge in [0.15, 0.2) is 5.82 Å². The number of aryl methyl sites for hydroxylation is 2. The summed E-state index contributed by atoms with van der Waals surface area (Å²) in [4.78, 5) is 12.1. The highest BCUT2D eigenvalue weighted by molar-refractivity contribution is 6.05. The van der Waals surface area contributed by atoms with Gasteiger partial charge in [0.1, 0.15) is 5.75 Å². The second-order valence-corrected chi connectivity index (χ2v) is 4.38. The second-order valence-electron chi connectivity index (χ2n) is 4.38. The van der Waals surface area contributed by atoms with Gasteiger partial charge < -0.3 is 15.8 Å². The fourth-order valence-corrected chi connectivity index (χ4v) is 1.87. The molecule has 106 valence electrons. The normalized spacial score (nSPS) is 10.3. The Bertz CT molecular complexity index is 617. The van der Waals surface area contributed by atoms with Crippen LogP contribution in [0.25, 0.3) is 0 Å². The first kappa shape index (κ1) is 13.9. The van der Waals surface area contributed by atoms with Crippen molar-refractivity contribution in [3.63, 3.8) is 0 Å². The van der Waals surface area contributed by atoms with Gasteiger partial charge in [0.05, 0.1) is 18.0 Å². The summed E-state index contributed by atoms with van der Waals surface area (Å²) >= 11 is 0. The minimum Gasteiger partial charge on any atom is -0.494 e. The Morgan fingerprint density at radius 1 is 1.40 bits per heavy atom. The van der Waals surface area contributed by atoms with E-state index in [2.05, 4.69) is 10.4 Å². The Hall–Kier alpha value is -2.50. The first-order valence-corrected chi connectivity index (χ1v) is 6.36. The van der Waals surface area contributed by atoms with Gasteiger partial charge in [-0.1, -0.05) is 0 Å². The van der Waals surface area contributed by atoms with Crippen LogP contribution in [0.4, 0.5) is 11.5 Å². The number of amides is 1. The zero-order chi connectivity index (χ0) is 14.7. The van der Waals surface area contributed by atoms with E-state index >= 15 is 0 Å².